The number of methoxy groups -OCH3 is 1. The van der Waals surface area contributed by atoms with Crippen molar-refractivity contribution in [3.8, 4) is 0 Å². The van der Waals surface area contributed by atoms with E-state index in [1.165, 1.54) is 0 Å². The van der Waals surface area contributed by atoms with Gasteiger partial charge in [-0.1, -0.05) is 6.92 Å². The Morgan fingerprint density at radius 3 is 2.68 bits per heavy atom. The molecule has 5 nitrogen and oxygen atoms in total. The van der Waals surface area contributed by atoms with Crippen LogP contribution in [0, 0.1) is 0 Å². The lowest BCUT2D eigenvalue weighted by molar-refractivity contribution is 0.0827. The highest BCUT2D eigenvalue weighted by Gasteiger charge is 2.12. The molecule has 0 aliphatic heterocycles. The van der Waals surface area contributed by atoms with Gasteiger partial charge in [0.25, 0.3) is 5.91 Å². The largest absolute Gasteiger partial charge is 0.397 e. The zero-order valence-electron chi connectivity index (χ0n) is 12.1. The molecular weight excluding hydrogens is 242 g/mol. The molecule has 1 amide bonds. The van der Waals surface area contributed by atoms with Crippen LogP contribution in [-0.4, -0.2) is 44.7 Å². The molecule has 5 heteroatoms. The van der Waals surface area contributed by atoms with E-state index in [0.717, 1.165) is 12.1 Å². The van der Waals surface area contributed by atoms with Crippen LogP contribution in [0.1, 0.15) is 23.7 Å². The van der Waals surface area contributed by atoms with Crippen molar-refractivity contribution in [3.63, 3.8) is 0 Å². The fourth-order valence-corrected chi connectivity index (χ4v) is 1.76. The van der Waals surface area contributed by atoms with Crippen molar-refractivity contribution in [3.05, 3.63) is 23.8 Å². The molecule has 0 fully saturated rings. The van der Waals surface area contributed by atoms with Gasteiger partial charge >= 0.3 is 0 Å². The lowest BCUT2D eigenvalue weighted by Gasteiger charge is -2.19. The van der Waals surface area contributed by atoms with Gasteiger partial charge in [0.2, 0.25) is 0 Å². The Labute approximate surface area is 114 Å². The number of nitrogen functional groups attached to an aromatic ring is 1. The lowest BCUT2D eigenvalue weighted by atomic mass is 10.1. The van der Waals surface area contributed by atoms with Gasteiger partial charge in [0.05, 0.1) is 18.0 Å². The second kappa shape index (κ2) is 6.99. The summed E-state index contributed by atoms with van der Waals surface area (Å²) in [6.45, 7) is 2.67. The van der Waals surface area contributed by atoms with E-state index in [9.17, 15) is 4.79 Å². The number of hydrogen-bond donors (Lipinski definition) is 2. The standard InChI is InChI=1S/C14H23N3O2/c1-5-11(9-19-4)16-13-8-10(6-7-12(13)15)14(18)17(2)3/h6-8,11,16H,5,9,15H2,1-4H3. The Bertz CT molecular complexity index is 433. The molecule has 0 heterocycles. The van der Waals surface area contributed by atoms with E-state index < -0.39 is 0 Å². The molecular formula is C14H23N3O2. The van der Waals surface area contributed by atoms with Crippen molar-refractivity contribution in [2.24, 2.45) is 0 Å². The SMILES string of the molecule is CCC(COC)Nc1cc(C(=O)N(C)C)ccc1N. The molecule has 0 spiro atoms. The molecule has 0 aliphatic rings. The van der Waals surface area contributed by atoms with Gasteiger partial charge in [0.1, 0.15) is 0 Å². The van der Waals surface area contributed by atoms with Gasteiger partial charge in [-0.25, -0.2) is 0 Å². The van der Waals surface area contributed by atoms with E-state index in [1.807, 2.05) is 0 Å². The zero-order chi connectivity index (χ0) is 14.4. The van der Waals surface area contributed by atoms with E-state index in [1.54, 1.807) is 44.3 Å². The van der Waals surface area contributed by atoms with Crippen LogP contribution in [0.3, 0.4) is 0 Å². The summed E-state index contributed by atoms with van der Waals surface area (Å²) in [6, 6.07) is 5.45. The van der Waals surface area contributed by atoms with Crippen LogP contribution in [0.25, 0.3) is 0 Å². The van der Waals surface area contributed by atoms with Crippen molar-refractivity contribution >= 4 is 17.3 Å². The van der Waals surface area contributed by atoms with Crippen LogP contribution in [0.4, 0.5) is 11.4 Å². The van der Waals surface area contributed by atoms with Gasteiger partial charge < -0.3 is 20.7 Å². The number of ether oxygens (including phenoxy) is 1. The number of anilines is 2. The maximum atomic E-state index is 11.9. The number of carbonyl (C=O) groups is 1. The fourth-order valence-electron chi connectivity index (χ4n) is 1.76. The predicted molar refractivity (Wildman–Crippen MR) is 78.4 cm³/mol. The molecule has 0 aromatic heterocycles. The summed E-state index contributed by atoms with van der Waals surface area (Å²) in [5, 5.41) is 3.31. The maximum Gasteiger partial charge on any atom is 0.253 e. The Morgan fingerprint density at radius 1 is 1.47 bits per heavy atom. The second-order valence-electron chi connectivity index (χ2n) is 4.71. The highest BCUT2D eigenvalue weighted by Crippen LogP contribution is 2.22. The minimum Gasteiger partial charge on any atom is -0.397 e. The van der Waals surface area contributed by atoms with Gasteiger partial charge in [0, 0.05) is 32.8 Å². The Balaban J connectivity index is 2.94. The third-order valence-electron chi connectivity index (χ3n) is 2.93. The number of carbonyl (C=O) groups excluding carboxylic acids is 1. The van der Waals surface area contributed by atoms with Crippen molar-refractivity contribution in [2.45, 2.75) is 19.4 Å². The summed E-state index contributed by atoms with van der Waals surface area (Å²) < 4.78 is 5.14. The summed E-state index contributed by atoms with van der Waals surface area (Å²) >= 11 is 0. The molecule has 1 rings (SSSR count). The molecule has 0 radical (unpaired) electrons. The van der Waals surface area contributed by atoms with Crippen molar-refractivity contribution < 1.29 is 9.53 Å². The molecule has 3 N–H and O–H groups in total. The minimum atomic E-state index is -0.0390. The minimum absolute atomic E-state index is 0.0390. The quantitative estimate of drug-likeness (QED) is 0.770. The first-order valence-corrected chi connectivity index (χ1v) is 6.36. The summed E-state index contributed by atoms with van der Waals surface area (Å²) in [6.07, 6.45) is 0.916. The number of amides is 1. The molecule has 0 aliphatic carbocycles. The molecule has 106 valence electrons. The maximum absolute atomic E-state index is 11.9. The van der Waals surface area contributed by atoms with Crippen LogP contribution >= 0.6 is 0 Å². The Hall–Kier alpha value is -1.75. The van der Waals surface area contributed by atoms with Gasteiger partial charge in [-0.15, -0.1) is 0 Å². The van der Waals surface area contributed by atoms with E-state index in [4.69, 9.17) is 10.5 Å². The van der Waals surface area contributed by atoms with Crippen molar-refractivity contribution in [1.29, 1.82) is 0 Å². The Morgan fingerprint density at radius 2 is 2.16 bits per heavy atom. The zero-order valence-corrected chi connectivity index (χ0v) is 12.1. The third-order valence-corrected chi connectivity index (χ3v) is 2.93. The van der Waals surface area contributed by atoms with Crippen LogP contribution in [0.15, 0.2) is 18.2 Å². The molecule has 0 saturated carbocycles. The predicted octanol–water partition coefficient (Wildman–Crippen LogP) is 1.81. The summed E-state index contributed by atoms with van der Waals surface area (Å²) in [5.74, 6) is -0.0390. The molecule has 0 saturated heterocycles. The van der Waals surface area contributed by atoms with Crippen molar-refractivity contribution in [2.75, 3.05) is 38.9 Å². The average Bonchev–Trinajstić information content (AvgIpc) is 2.39. The summed E-state index contributed by atoms with van der Waals surface area (Å²) in [7, 11) is 5.12. The fraction of sp³-hybridized carbons (Fsp3) is 0.500. The van der Waals surface area contributed by atoms with Gasteiger partial charge in [-0.3, -0.25) is 4.79 Å². The van der Waals surface area contributed by atoms with Crippen LogP contribution in [-0.2, 0) is 4.74 Å². The monoisotopic (exact) mass is 265 g/mol. The number of benzene rings is 1. The molecule has 0 bridgehead atoms. The number of rotatable bonds is 6. The first kappa shape index (κ1) is 15.3. The van der Waals surface area contributed by atoms with E-state index in [-0.39, 0.29) is 11.9 Å². The van der Waals surface area contributed by atoms with Gasteiger partial charge in [0.15, 0.2) is 0 Å². The van der Waals surface area contributed by atoms with Crippen LogP contribution < -0.4 is 11.1 Å². The second-order valence-corrected chi connectivity index (χ2v) is 4.71. The number of nitrogens with two attached hydrogens (primary N) is 1. The third kappa shape index (κ3) is 4.13. The van der Waals surface area contributed by atoms with Crippen LogP contribution in [0.5, 0.6) is 0 Å². The molecule has 1 aromatic carbocycles. The Kier molecular flexibility index (Phi) is 5.63. The molecule has 1 atom stereocenters. The average molecular weight is 265 g/mol. The highest BCUT2D eigenvalue weighted by atomic mass is 16.5. The van der Waals surface area contributed by atoms with E-state index in [2.05, 4.69) is 12.2 Å². The van der Waals surface area contributed by atoms with Gasteiger partial charge in [-0.2, -0.15) is 0 Å². The molecule has 1 unspecified atom stereocenters. The molecule has 19 heavy (non-hydrogen) atoms. The van der Waals surface area contributed by atoms with E-state index in [0.29, 0.717) is 17.9 Å². The first-order chi connectivity index (χ1) is 8.99. The van der Waals surface area contributed by atoms with Crippen LogP contribution in [0.2, 0.25) is 0 Å². The first-order valence-electron chi connectivity index (χ1n) is 6.36. The smallest absolute Gasteiger partial charge is 0.253 e. The number of nitrogens with one attached hydrogen (secondary N) is 1. The number of hydrogen-bond acceptors (Lipinski definition) is 4. The van der Waals surface area contributed by atoms with Gasteiger partial charge in [-0.05, 0) is 24.6 Å². The summed E-state index contributed by atoms with van der Waals surface area (Å²) in [4.78, 5) is 13.5. The number of nitrogens with zero attached hydrogens (tertiary/aromatic N) is 1. The normalized spacial score (nSPS) is 12.0. The highest BCUT2D eigenvalue weighted by molar-refractivity contribution is 5.95. The lowest BCUT2D eigenvalue weighted by Crippen LogP contribution is -2.25. The summed E-state index contributed by atoms with van der Waals surface area (Å²) in [5.41, 5.74) is 7.96. The van der Waals surface area contributed by atoms with Crippen molar-refractivity contribution in [1.82, 2.24) is 4.90 Å². The molecule has 1 aromatic rings. The topological polar surface area (TPSA) is 67.6 Å². The van der Waals surface area contributed by atoms with E-state index >= 15 is 0 Å².